The number of nitrogens with one attached hydrogen (secondary N) is 1. The minimum absolute atomic E-state index is 0.0768. The van der Waals surface area contributed by atoms with Gasteiger partial charge in [-0.1, -0.05) is 23.3 Å². The molecule has 0 radical (unpaired) electrons. The van der Waals surface area contributed by atoms with Crippen molar-refractivity contribution in [1.82, 2.24) is 14.9 Å². The van der Waals surface area contributed by atoms with Gasteiger partial charge in [0, 0.05) is 24.8 Å². The second-order valence-electron chi connectivity index (χ2n) is 5.08. The van der Waals surface area contributed by atoms with Crippen LogP contribution in [-0.4, -0.2) is 39.8 Å². The smallest absolute Gasteiger partial charge is 0.335 e. The molecule has 0 atom stereocenters. The number of benzene rings is 1. The van der Waals surface area contributed by atoms with Gasteiger partial charge in [-0.3, -0.25) is 0 Å². The van der Waals surface area contributed by atoms with E-state index >= 15 is 0 Å². The van der Waals surface area contributed by atoms with Crippen LogP contribution < -0.4 is 4.72 Å². The quantitative estimate of drug-likeness (QED) is 0.671. The van der Waals surface area contributed by atoms with E-state index < -0.39 is 36.7 Å². The molecule has 1 heterocycles. The van der Waals surface area contributed by atoms with Gasteiger partial charge in [-0.05, 0) is 12.5 Å². The van der Waals surface area contributed by atoms with E-state index in [1.165, 1.54) is 18.2 Å². The number of sulfone groups is 1. The van der Waals surface area contributed by atoms with E-state index in [0.717, 1.165) is 6.26 Å². The number of nitrogens with zero attached hydrogens (tertiary/aromatic N) is 2. The summed E-state index contributed by atoms with van der Waals surface area (Å²) in [5.74, 6) is -0.941. The largest absolute Gasteiger partial charge is 0.413 e. The molecular weight excluding hydrogens is 361 g/mol. The first-order valence-corrected chi connectivity index (χ1v) is 10.4. The van der Waals surface area contributed by atoms with Crippen molar-refractivity contribution in [3.63, 3.8) is 0 Å². The van der Waals surface area contributed by atoms with Crippen LogP contribution in [0, 0.1) is 5.82 Å². The molecule has 0 aliphatic heterocycles. The van der Waals surface area contributed by atoms with Crippen LogP contribution in [0.2, 0.25) is 0 Å². The minimum atomic E-state index is -3.68. The Hall–Kier alpha value is -1.85. The molecule has 2 rings (SSSR count). The maximum Gasteiger partial charge on any atom is 0.335 e. The van der Waals surface area contributed by atoms with Crippen molar-refractivity contribution >= 4 is 19.9 Å². The molecule has 0 saturated heterocycles. The van der Waals surface area contributed by atoms with E-state index in [1.807, 2.05) is 0 Å². The summed E-state index contributed by atoms with van der Waals surface area (Å²) in [6.07, 6.45) is 1.48. The molecule has 8 nitrogen and oxygen atoms in total. The molecule has 0 saturated carbocycles. The van der Waals surface area contributed by atoms with Crippen molar-refractivity contribution in [2.45, 2.75) is 23.8 Å². The zero-order chi connectivity index (χ0) is 17.8. The predicted molar refractivity (Wildman–Crippen MR) is 82.8 cm³/mol. The molecule has 0 aliphatic rings. The van der Waals surface area contributed by atoms with Crippen molar-refractivity contribution in [1.29, 1.82) is 0 Å². The molecule has 0 spiro atoms. The lowest BCUT2D eigenvalue weighted by Crippen LogP contribution is -2.26. The Bertz CT molecular complexity index is 909. The number of halogens is 1. The fourth-order valence-electron chi connectivity index (χ4n) is 1.83. The van der Waals surface area contributed by atoms with Gasteiger partial charge in [-0.25, -0.2) is 25.9 Å². The number of rotatable bonds is 8. The normalized spacial score (nSPS) is 12.4. The molecule has 24 heavy (non-hydrogen) atoms. The molecule has 11 heteroatoms. The Morgan fingerprint density at radius 3 is 2.50 bits per heavy atom. The fourth-order valence-corrected chi connectivity index (χ4v) is 3.47. The number of hydrogen-bond acceptors (Lipinski definition) is 7. The minimum Gasteiger partial charge on any atom is -0.413 e. The van der Waals surface area contributed by atoms with Crippen LogP contribution in [-0.2, 0) is 32.0 Å². The summed E-state index contributed by atoms with van der Waals surface area (Å²) in [6, 6.07) is 5.64. The molecule has 0 unspecified atom stereocenters. The van der Waals surface area contributed by atoms with Crippen molar-refractivity contribution in [3.05, 3.63) is 41.5 Å². The lowest BCUT2D eigenvalue weighted by Gasteiger charge is -2.06. The molecule has 1 N–H and O–H groups in total. The first kappa shape index (κ1) is 18.5. The summed E-state index contributed by atoms with van der Waals surface area (Å²) >= 11 is 0. The van der Waals surface area contributed by atoms with Crippen LogP contribution in [0.25, 0.3) is 0 Å². The standard InChI is InChI=1S/C13H16FN3O5S2/c1-23(18,19)13-17-16-12(22-13)7-4-8-15-24(20,21)9-10-5-2-3-6-11(10)14/h2-3,5-6,15H,4,7-9H2,1H3. The maximum atomic E-state index is 13.5. The predicted octanol–water partition coefficient (Wildman–Crippen LogP) is 0.664. The van der Waals surface area contributed by atoms with Gasteiger partial charge in [0.25, 0.3) is 0 Å². The van der Waals surface area contributed by atoms with Crippen LogP contribution in [0.5, 0.6) is 0 Å². The highest BCUT2D eigenvalue weighted by Crippen LogP contribution is 2.11. The summed E-state index contributed by atoms with van der Waals surface area (Å²) in [5, 5.41) is 6.49. The number of hydrogen-bond donors (Lipinski definition) is 1. The molecular formula is C13H16FN3O5S2. The van der Waals surface area contributed by atoms with Gasteiger partial charge in [-0.2, -0.15) is 0 Å². The lowest BCUT2D eigenvalue weighted by atomic mass is 10.2. The molecule has 132 valence electrons. The van der Waals surface area contributed by atoms with Gasteiger partial charge in [0.05, 0.1) is 5.75 Å². The van der Waals surface area contributed by atoms with Crippen molar-refractivity contribution < 1.29 is 25.6 Å². The van der Waals surface area contributed by atoms with Crippen molar-refractivity contribution in [2.24, 2.45) is 0 Å². The average Bonchev–Trinajstić information content (AvgIpc) is 2.95. The van der Waals surface area contributed by atoms with Crippen molar-refractivity contribution in [2.75, 3.05) is 12.8 Å². The third-order valence-corrected chi connectivity index (χ3v) is 5.09. The third-order valence-electron chi connectivity index (χ3n) is 2.96. The Kier molecular flexibility index (Phi) is 5.67. The highest BCUT2D eigenvalue weighted by Gasteiger charge is 2.17. The van der Waals surface area contributed by atoms with Gasteiger partial charge >= 0.3 is 5.22 Å². The van der Waals surface area contributed by atoms with Gasteiger partial charge < -0.3 is 4.42 Å². The lowest BCUT2D eigenvalue weighted by molar-refractivity contribution is 0.394. The van der Waals surface area contributed by atoms with Crippen LogP contribution in [0.3, 0.4) is 0 Å². The SMILES string of the molecule is CS(=O)(=O)c1nnc(CCCNS(=O)(=O)Cc2ccccc2F)o1. The average molecular weight is 377 g/mol. The molecule has 0 fully saturated rings. The zero-order valence-corrected chi connectivity index (χ0v) is 14.4. The number of aromatic nitrogens is 2. The fraction of sp³-hybridized carbons (Fsp3) is 0.385. The van der Waals surface area contributed by atoms with E-state index in [4.69, 9.17) is 4.42 Å². The molecule has 0 bridgehead atoms. The van der Waals surface area contributed by atoms with Crippen molar-refractivity contribution in [3.8, 4) is 0 Å². The van der Waals surface area contributed by atoms with Crippen LogP contribution in [0.4, 0.5) is 4.39 Å². The molecule has 1 aromatic carbocycles. The first-order valence-electron chi connectivity index (χ1n) is 6.90. The summed E-state index contributed by atoms with van der Waals surface area (Å²) in [7, 11) is -7.24. The monoisotopic (exact) mass is 377 g/mol. The summed E-state index contributed by atoms with van der Waals surface area (Å²) in [5.41, 5.74) is 0.0831. The van der Waals surface area contributed by atoms with E-state index in [9.17, 15) is 21.2 Å². The zero-order valence-electron chi connectivity index (χ0n) is 12.8. The first-order chi connectivity index (χ1) is 11.2. The number of sulfonamides is 1. The van der Waals surface area contributed by atoms with E-state index in [2.05, 4.69) is 14.9 Å². The summed E-state index contributed by atoms with van der Waals surface area (Å²) < 4.78 is 66.9. The molecule has 0 aliphatic carbocycles. The Morgan fingerprint density at radius 1 is 1.17 bits per heavy atom. The van der Waals surface area contributed by atoms with E-state index in [-0.39, 0.29) is 24.4 Å². The van der Waals surface area contributed by atoms with Gasteiger partial charge in [0.15, 0.2) is 0 Å². The van der Waals surface area contributed by atoms with E-state index in [1.54, 1.807) is 6.07 Å². The van der Waals surface area contributed by atoms with E-state index in [0.29, 0.717) is 6.42 Å². The third kappa shape index (κ3) is 5.35. The highest BCUT2D eigenvalue weighted by molar-refractivity contribution is 7.90. The Labute approximate surface area is 139 Å². The summed E-state index contributed by atoms with van der Waals surface area (Å²) in [4.78, 5) is 0. The maximum absolute atomic E-state index is 13.5. The number of aryl methyl sites for hydroxylation is 1. The van der Waals surface area contributed by atoms with Crippen LogP contribution >= 0.6 is 0 Å². The summed E-state index contributed by atoms with van der Waals surface area (Å²) in [6.45, 7) is 0.0768. The highest BCUT2D eigenvalue weighted by atomic mass is 32.2. The van der Waals surface area contributed by atoms with Crippen LogP contribution in [0.1, 0.15) is 17.9 Å². The molecule has 2 aromatic rings. The van der Waals surface area contributed by atoms with Gasteiger partial charge in [-0.15, -0.1) is 5.10 Å². The van der Waals surface area contributed by atoms with Gasteiger partial charge in [0.2, 0.25) is 25.8 Å². The Balaban J connectivity index is 1.83. The second-order valence-corrected chi connectivity index (χ2v) is 8.78. The second kappa shape index (κ2) is 7.36. The van der Waals surface area contributed by atoms with Gasteiger partial charge in [0.1, 0.15) is 5.82 Å². The molecule has 1 aromatic heterocycles. The Morgan fingerprint density at radius 2 is 1.88 bits per heavy atom. The topological polar surface area (TPSA) is 119 Å². The van der Waals surface area contributed by atoms with Crippen LogP contribution in [0.15, 0.2) is 33.9 Å². The molecule has 0 amide bonds.